The van der Waals surface area contributed by atoms with Gasteiger partial charge in [-0.2, -0.15) is 0 Å². The number of nitrogens with zero attached hydrogens (tertiary/aromatic N) is 5. The summed E-state index contributed by atoms with van der Waals surface area (Å²) >= 11 is 0. The van der Waals surface area contributed by atoms with Crippen LogP contribution in [0, 0.1) is 0 Å². The van der Waals surface area contributed by atoms with Gasteiger partial charge in [0.1, 0.15) is 19.6 Å². The van der Waals surface area contributed by atoms with E-state index in [1.807, 2.05) is 142 Å². The second-order valence-corrected chi connectivity index (χ2v) is 18.3. The van der Waals surface area contributed by atoms with Gasteiger partial charge in [-0.25, -0.2) is 0 Å². The highest BCUT2D eigenvalue weighted by Gasteiger charge is 2.34. The average Bonchev–Trinajstić information content (AvgIpc) is 3.39. The van der Waals surface area contributed by atoms with Gasteiger partial charge in [0.25, 0.3) is 0 Å². The number of nitrogens with two attached hydrogens (primary N) is 3. The van der Waals surface area contributed by atoms with E-state index in [4.69, 9.17) is 17.2 Å². The van der Waals surface area contributed by atoms with E-state index >= 15 is 0 Å². The quantitative estimate of drug-likeness (QED) is 0.0405. The second-order valence-electron chi connectivity index (χ2n) is 18.3. The lowest BCUT2D eigenvalue weighted by atomic mass is 10.0. The molecule has 0 saturated heterocycles. The molecule has 0 saturated carbocycles. The second kappa shape index (κ2) is 31.0. The molecule has 0 aliphatic carbocycles. The minimum atomic E-state index is -0.700. The standard InChI is InChI=1S/C56H79N9O6/c1-43(47-25-13-9-14-26-47)62(38-51(59)66)55(70)42-65(46(4)50-31-19-12-20-32-50)54(69)39-61(36-24-8-6-22-34-58)53(68)40-64(45(3)49-29-17-11-18-30-49)56(71)41-63(44(2)48-27-15-10-16-28-48)52(67)37-60-35-23-7-5-21-33-57/h9-20,25-32,43-46,60H,5-8,21-24,33-42,57-58H2,1-4H3,(H2,59,66)/t43-,44-,45-,46-/m0/s1. The highest BCUT2D eigenvalue weighted by Crippen LogP contribution is 2.27. The van der Waals surface area contributed by atoms with Crippen molar-refractivity contribution < 1.29 is 28.8 Å². The van der Waals surface area contributed by atoms with Crippen molar-refractivity contribution in [2.24, 2.45) is 17.2 Å². The molecule has 6 amide bonds. The van der Waals surface area contributed by atoms with Gasteiger partial charge >= 0.3 is 0 Å². The molecular weight excluding hydrogens is 895 g/mol. The third-order valence-electron chi connectivity index (χ3n) is 13.2. The zero-order valence-corrected chi connectivity index (χ0v) is 42.5. The van der Waals surface area contributed by atoms with Crippen molar-refractivity contribution in [1.29, 1.82) is 0 Å². The first kappa shape index (κ1) is 57.2. The van der Waals surface area contributed by atoms with Crippen molar-refractivity contribution >= 4 is 35.4 Å². The topological polar surface area (TPSA) is 209 Å². The highest BCUT2D eigenvalue weighted by molar-refractivity contribution is 5.92. The summed E-state index contributed by atoms with van der Waals surface area (Å²) in [5.74, 6) is -2.85. The first-order valence-electron chi connectivity index (χ1n) is 25.3. The van der Waals surface area contributed by atoms with Crippen LogP contribution in [0.15, 0.2) is 121 Å². The maximum absolute atomic E-state index is 15.0. The summed E-state index contributed by atoms with van der Waals surface area (Å²) in [5.41, 5.74) is 20.4. The van der Waals surface area contributed by atoms with Crippen LogP contribution in [0.3, 0.4) is 0 Å². The number of carbonyl (C=O) groups excluding carboxylic acids is 6. The molecule has 0 heterocycles. The predicted molar refractivity (Wildman–Crippen MR) is 280 cm³/mol. The van der Waals surface area contributed by atoms with Crippen molar-refractivity contribution in [1.82, 2.24) is 29.8 Å². The third kappa shape index (κ3) is 18.7. The first-order chi connectivity index (χ1) is 34.3. The van der Waals surface area contributed by atoms with Gasteiger partial charge in [0, 0.05) is 6.54 Å². The molecule has 4 aromatic carbocycles. The number of amides is 6. The Morgan fingerprint density at radius 1 is 0.408 bits per heavy atom. The Hall–Kier alpha value is -6.42. The van der Waals surface area contributed by atoms with Crippen LogP contribution in [0.1, 0.15) is 125 Å². The Morgan fingerprint density at radius 3 is 1.11 bits per heavy atom. The normalized spacial score (nSPS) is 12.8. The van der Waals surface area contributed by atoms with Crippen LogP contribution >= 0.6 is 0 Å². The molecule has 15 heteroatoms. The fourth-order valence-electron chi connectivity index (χ4n) is 8.69. The highest BCUT2D eigenvalue weighted by atomic mass is 16.2. The number of rotatable bonds is 32. The van der Waals surface area contributed by atoms with Gasteiger partial charge in [-0.1, -0.05) is 147 Å². The SMILES string of the molecule is C[C@@H](c1ccccc1)N(CC(N)=O)C(=O)CN(C(=O)CN(CCCCCCN)C(=O)CN(C(=O)CN(C(=O)CNCCCCCCN)[C@@H](C)c1ccccc1)[C@@H](C)c1ccccc1)[C@@H](C)c1ccccc1. The Bertz CT molecular complexity index is 2220. The summed E-state index contributed by atoms with van der Waals surface area (Å²) in [5, 5.41) is 3.27. The summed E-state index contributed by atoms with van der Waals surface area (Å²) in [4.78, 5) is 93.1. The van der Waals surface area contributed by atoms with Gasteiger partial charge in [-0.15, -0.1) is 0 Å². The third-order valence-corrected chi connectivity index (χ3v) is 13.2. The lowest BCUT2D eigenvalue weighted by Crippen LogP contribution is -2.52. The zero-order valence-electron chi connectivity index (χ0n) is 42.5. The van der Waals surface area contributed by atoms with Gasteiger partial charge in [0.15, 0.2) is 0 Å². The van der Waals surface area contributed by atoms with Crippen LogP contribution in [-0.4, -0.2) is 125 Å². The summed E-state index contributed by atoms with van der Waals surface area (Å²) in [7, 11) is 0. The minimum absolute atomic E-state index is 0.0282. The largest absolute Gasteiger partial charge is 0.368 e. The maximum atomic E-state index is 15.0. The molecule has 0 spiro atoms. The van der Waals surface area contributed by atoms with Gasteiger partial charge in [0.2, 0.25) is 35.4 Å². The lowest BCUT2D eigenvalue weighted by molar-refractivity contribution is -0.150. The molecule has 384 valence electrons. The molecule has 7 N–H and O–H groups in total. The van der Waals surface area contributed by atoms with E-state index in [0.717, 1.165) is 67.2 Å². The molecule has 4 aromatic rings. The molecule has 0 bridgehead atoms. The number of nitrogens with one attached hydrogen (secondary N) is 1. The van der Waals surface area contributed by atoms with Crippen LogP contribution in [0.2, 0.25) is 0 Å². The van der Waals surface area contributed by atoms with Crippen molar-refractivity contribution in [3.05, 3.63) is 144 Å². The van der Waals surface area contributed by atoms with Crippen LogP contribution in [0.25, 0.3) is 0 Å². The van der Waals surface area contributed by atoms with Gasteiger partial charge < -0.3 is 47.0 Å². The van der Waals surface area contributed by atoms with Gasteiger partial charge in [-0.05, 0) is 95.3 Å². The lowest BCUT2D eigenvalue weighted by Gasteiger charge is -2.37. The number of carbonyl (C=O) groups is 6. The van der Waals surface area contributed by atoms with Gasteiger partial charge in [0.05, 0.1) is 43.8 Å². The Morgan fingerprint density at radius 2 is 0.732 bits per heavy atom. The fourth-order valence-corrected chi connectivity index (χ4v) is 8.69. The van der Waals surface area contributed by atoms with Crippen LogP contribution < -0.4 is 22.5 Å². The minimum Gasteiger partial charge on any atom is -0.368 e. The van der Waals surface area contributed by atoms with E-state index in [-0.39, 0.29) is 45.2 Å². The number of unbranched alkanes of at least 4 members (excludes halogenated alkanes) is 6. The molecule has 0 aliphatic heterocycles. The molecule has 0 unspecified atom stereocenters. The molecule has 4 atom stereocenters. The summed E-state index contributed by atoms with van der Waals surface area (Å²) < 4.78 is 0. The summed E-state index contributed by atoms with van der Waals surface area (Å²) in [6.45, 7) is 7.56. The summed E-state index contributed by atoms with van der Waals surface area (Å²) in [6.07, 6.45) is 6.78. The fraction of sp³-hybridized carbons (Fsp3) is 0.464. The predicted octanol–water partition coefficient (Wildman–Crippen LogP) is 6.29. The Labute approximate surface area is 422 Å². The van der Waals surface area contributed by atoms with Gasteiger partial charge in [-0.3, -0.25) is 28.8 Å². The maximum Gasteiger partial charge on any atom is 0.243 e. The average molecular weight is 974 g/mol. The van der Waals surface area contributed by atoms with E-state index < -0.39 is 60.2 Å². The van der Waals surface area contributed by atoms with E-state index in [9.17, 15) is 28.8 Å². The van der Waals surface area contributed by atoms with Crippen LogP contribution in [0.4, 0.5) is 0 Å². The van der Waals surface area contributed by atoms with E-state index in [2.05, 4.69) is 5.32 Å². The molecule has 0 fully saturated rings. The first-order valence-corrected chi connectivity index (χ1v) is 25.3. The number of primary amides is 1. The number of hydrogen-bond acceptors (Lipinski definition) is 9. The molecule has 0 radical (unpaired) electrons. The van der Waals surface area contributed by atoms with Crippen molar-refractivity contribution in [2.45, 2.75) is 103 Å². The molecular formula is C56H79N9O6. The summed E-state index contributed by atoms with van der Waals surface area (Å²) in [6, 6.07) is 35.2. The smallest absolute Gasteiger partial charge is 0.243 e. The van der Waals surface area contributed by atoms with E-state index in [1.54, 1.807) is 11.8 Å². The molecule has 0 aliphatic rings. The number of hydrogen-bond donors (Lipinski definition) is 4. The van der Waals surface area contributed by atoms with Crippen molar-refractivity contribution in [3.63, 3.8) is 0 Å². The molecule has 15 nitrogen and oxygen atoms in total. The zero-order chi connectivity index (χ0) is 51.5. The molecule has 71 heavy (non-hydrogen) atoms. The molecule has 0 aromatic heterocycles. The Balaban J connectivity index is 1.68. The Kier molecular flexibility index (Phi) is 25.0. The van der Waals surface area contributed by atoms with Crippen molar-refractivity contribution in [2.75, 3.05) is 65.4 Å². The monoisotopic (exact) mass is 974 g/mol. The van der Waals surface area contributed by atoms with E-state index in [1.165, 1.54) is 19.6 Å². The van der Waals surface area contributed by atoms with Crippen molar-refractivity contribution in [3.8, 4) is 0 Å². The van der Waals surface area contributed by atoms with Crippen LogP contribution in [-0.2, 0) is 28.8 Å². The van der Waals surface area contributed by atoms with Crippen LogP contribution in [0.5, 0.6) is 0 Å². The van der Waals surface area contributed by atoms with E-state index in [0.29, 0.717) is 26.1 Å². The number of benzene rings is 4. The molecule has 4 rings (SSSR count).